The summed E-state index contributed by atoms with van der Waals surface area (Å²) >= 11 is 0. The molecule has 0 saturated carbocycles. The van der Waals surface area contributed by atoms with Crippen molar-refractivity contribution in [3.63, 3.8) is 0 Å². The van der Waals surface area contributed by atoms with Gasteiger partial charge in [0, 0.05) is 18.2 Å². The summed E-state index contributed by atoms with van der Waals surface area (Å²) in [5, 5.41) is 5.48. The molecule has 0 bridgehead atoms. The highest BCUT2D eigenvalue weighted by molar-refractivity contribution is 5.96. The molecular weight excluding hydrogens is 284 g/mol. The Hall–Kier alpha value is -2.37. The number of ether oxygens (including phenoxy) is 1. The predicted molar refractivity (Wildman–Crippen MR) is 81.6 cm³/mol. The van der Waals surface area contributed by atoms with Crippen LogP contribution in [-0.2, 0) is 20.7 Å². The summed E-state index contributed by atoms with van der Waals surface area (Å²) in [5.74, 6) is -0.878. The molecule has 1 atom stereocenters. The van der Waals surface area contributed by atoms with Crippen molar-refractivity contribution in [2.45, 2.75) is 39.2 Å². The van der Waals surface area contributed by atoms with Crippen LogP contribution in [0.3, 0.4) is 0 Å². The summed E-state index contributed by atoms with van der Waals surface area (Å²) in [5.41, 5.74) is 2.01. The Morgan fingerprint density at radius 3 is 2.86 bits per heavy atom. The zero-order valence-electron chi connectivity index (χ0n) is 12.8. The number of esters is 1. The Balaban J connectivity index is 1.93. The van der Waals surface area contributed by atoms with Gasteiger partial charge in [0.15, 0.2) is 6.61 Å². The normalized spacial score (nSPS) is 14.5. The molecule has 6 heteroatoms. The van der Waals surface area contributed by atoms with Crippen LogP contribution >= 0.6 is 0 Å². The number of hydrogen-bond acceptors (Lipinski definition) is 4. The van der Waals surface area contributed by atoms with Gasteiger partial charge in [0.1, 0.15) is 0 Å². The molecule has 1 aromatic carbocycles. The second kappa shape index (κ2) is 7.06. The van der Waals surface area contributed by atoms with Gasteiger partial charge < -0.3 is 15.4 Å². The van der Waals surface area contributed by atoms with E-state index >= 15 is 0 Å². The van der Waals surface area contributed by atoms with Crippen LogP contribution in [0.5, 0.6) is 0 Å². The summed E-state index contributed by atoms with van der Waals surface area (Å²) in [6.07, 6.45) is 1.82. The van der Waals surface area contributed by atoms with E-state index in [0.29, 0.717) is 18.4 Å². The average molecular weight is 304 g/mol. The van der Waals surface area contributed by atoms with Crippen molar-refractivity contribution < 1.29 is 19.1 Å². The predicted octanol–water partition coefficient (Wildman–Crippen LogP) is 1.64. The highest BCUT2D eigenvalue weighted by Gasteiger charge is 2.18. The van der Waals surface area contributed by atoms with Gasteiger partial charge in [0.2, 0.25) is 5.91 Å². The van der Waals surface area contributed by atoms with Crippen LogP contribution in [0.4, 0.5) is 5.69 Å². The summed E-state index contributed by atoms with van der Waals surface area (Å²) in [4.78, 5) is 34.8. The standard InChI is InChI=1S/C16H20N2O4/c1-3-10(2)17-15(20)9-22-16(21)12-4-6-13-11(8-12)5-7-14(19)18-13/h4,6,8,10H,3,5,7,9H2,1-2H3,(H,17,20)(H,18,19). The monoisotopic (exact) mass is 304 g/mol. The maximum absolute atomic E-state index is 12.0. The van der Waals surface area contributed by atoms with Gasteiger partial charge in [0.25, 0.3) is 5.91 Å². The Labute approximate surface area is 129 Å². The zero-order valence-corrected chi connectivity index (χ0v) is 12.8. The van der Waals surface area contributed by atoms with Crippen molar-refractivity contribution in [2.75, 3.05) is 11.9 Å². The van der Waals surface area contributed by atoms with Crippen LogP contribution in [-0.4, -0.2) is 30.4 Å². The van der Waals surface area contributed by atoms with E-state index in [9.17, 15) is 14.4 Å². The smallest absolute Gasteiger partial charge is 0.338 e. The van der Waals surface area contributed by atoms with Crippen LogP contribution in [0, 0.1) is 0 Å². The molecule has 0 radical (unpaired) electrons. The van der Waals surface area contributed by atoms with Gasteiger partial charge in [-0.05, 0) is 43.5 Å². The summed E-state index contributed by atoms with van der Waals surface area (Å²) in [7, 11) is 0. The molecule has 2 amide bonds. The minimum atomic E-state index is -0.543. The number of hydrogen-bond donors (Lipinski definition) is 2. The quantitative estimate of drug-likeness (QED) is 0.810. The molecule has 0 fully saturated rings. The van der Waals surface area contributed by atoms with Crippen molar-refractivity contribution in [1.82, 2.24) is 5.32 Å². The highest BCUT2D eigenvalue weighted by atomic mass is 16.5. The first-order valence-corrected chi connectivity index (χ1v) is 7.39. The maximum atomic E-state index is 12.0. The summed E-state index contributed by atoms with van der Waals surface area (Å²) < 4.78 is 5.01. The minimum absolute atomic E-state index is 0.0236. The molecule has 0 aromatic heterocycles. The fraction of sp³-hybridized carbons (Fsp3) is 0.438. The van der Waals surface area contributed by atoms with Crippen LogP contribution in [0.25, 0.3) is 0 Å². The molecule has 0 aliphatic carbocycles. The third-order valence-corrected chi connectivity index (χ3v) is 3.59. The van der Waals surface area contributed by atoms with Crippen molar-refractivity contribution in [3.8, 4) is 0 Å². The Morgan fingerprint density at radius 2 is 2.14 bits per heavy atom. The van der Waals surface area contributed by atoms with Gasteiger partial charge in [-0.3, -0.25) is 9.59 Å². The average Bonchev–Trinajstić information content (AvgIpc) is 2.51. The molecule has 0 spiro atoms. The molecule has 1 heterocycles. The van der Waals surface area contributed by atoms with Crippen molar-refractivity contribution in [3.05, 3.63) is 29.3 Å². The SMILES string of the molecule is CCC(C)NC(=O)COC(=O)c1ccc2c(c1)CCC(=O)N2. The van der Waals surface area contributed by atoms with Gasteiger partial charge in [-0.25, -0.2) is 4.79 Å². The van der Waals surface area contributed by atoms with E-state index in [1.54, 1.807) is 18.2 Å². The molecule has 1 unspecified atom stereocenters. The van der Waals surface area contributed by atoms with Gasteiger partial charge in [-0.1, -0.05) is 6.92 Å². The lowest BCUT2D eigenvalue weighted by Gasteiger charge is -2.17. The molecule has 1 aromatic rings. The van der Waals surface area contributed by atoms with Crippen LogP contribution < -0.4 is 10.6 Å². The van der Waals surface area contributed by atoms with Gasteiger partial charge in [-0.15, -0.1) is 0 Å². The molecule has 1 aliphatic rings. The molecular formula is C16H20N2O4. The van der Waals surface area contributed by atoms with Gasteiger partial charge in [0.05, 0.1) is 5.56 Å². The number of anilines is 1. The summed E-state index contributed by atoms with van der Waals surface area (Å²) in [6, 6.07) is 5.02. The third kappa shape index (κ3) is 4.07. The Kier molecular flexibility index (Phi) is 5.14. The molecule has 6 nitrogen and oxygen atoms in total. The molecule has 0 saturated heterocycles. The first-order valence-electron chi connectivity index (χ1n) is 7.39. The third-order valence-electron chi connectivity index (χ3n) is 3.59. The molecule has 2 N–H and O–H groups in total. The van der Waals surface area contributed by atoms with E-state index in [1.807, 2.05) is 13.8 Å². The fourth-order valence-corrected chi connectivity index (χ4v) is 2.14. The number of aryl methyl sites for hydroxylation is 1. The Bertz CT molecular complexity index is 598. The Morgan fingerprint density at radius 1 is 1.36 bits per heavy atom. The van der Waals surface area contributed by atoms with Crippen molar-refractivity contribution >= 4 is 23.5 Å². The number of rotatable bonds is 5. The van der Waals surface area contributed by atoms with Crippen LogP contribution in [0.2, 0.25) is 0 Å². The second-order valence-corrected chi connectivity index (χ2v) is 5.37. The number of nitrogens with one attached hydrogen (secondary N) is 2. The van der Waals surface area contributed by atoms with E-state index in [1.165, 1.54) is 0 Å². The van der Waals surface area contributed by atoms with E-state index < -0.39 is 5.97 Å². The lowest BCUT2D eigenvalue weighted by molar-refractivity contribution is -0.124. The number of carbonyl (C=O) groups is 3. The fourth-order valence-electron chi connectivity index (χ4n) is 2.14. The highest BCUT2D eigenvalue weighted by Crippen LogP contribution is 2.23. The first-order chi connectivity index (χ1) is 10.5. The van der Waals surface area contributed by atoms with Crippen molar-refractivity contribution in [1.29, 1.82) is 0 Å². The van der Waals surface area contributed by atoms with E-state index in [0.717, 1.165) is 17.7 Å². The van der Waals surface area contributed by atoms with Crippen LogP contribution in [0.1, 0.15) is 42.6 Å². The largest absolute Gasteiger partial charge is 0.452 e. The van der Waals surface area contributed by atoms with E-state index in [4.69, 9.17) is 4.74 Å². The van der Waals surface area contributed by atoms with Gasteiger partial charge >= 0.3 is 5.97 Å². The topological polar surface area (TPSA) is 84.5 Å². The molecule has 1 aliphatic heterocycles. The number of fused-ring (bicyclic) bond motifs is 1. The number of carbonyl (C=O) groups excluding carboxylic acids is 3. The first kappa shape index (κ1) is 16.0. The lowest BCUT2D eigenvalue weighted by atomic mass is 10.0. The van der Waals surface area contributed by atoms with E-state index in [2.05, 4.69) is 10.6 Å². The minimum Gasteiger partial charge on any atom is -0.452 e. The summed E-state index contributed by atoms with van der Waals surface area (Å²) in [6.45, 7) is 3.55. The molecule has 22 heavy (non-hydrogen) atoms. The zero-order chi connectivity index (χ0) is 16.1. The number of benzene rings is 1. The number of amides is 2. The molecule has 118 valence electrons. The van der Waals surface area contributed by atoms with Gasteiger partial charge in [-0.2, -0.15) is 0 Å². The lowest BCUT2D eigenvalue weighted by Crippen LogP contribution is -2.35. The van der Waals surface area contributed by atoms with Crippen molar-refractivity contribution in [2.24, 2.45) is 0 Å². The second-order valence-electron chi connectivity index (χ2n) is 5.37. The van der Waals surface area contributed by atoms with E-state index in [-0.39, 0.29) is 24.5 Å². The maximum Gasteiger partial charge on any atom is 0.338 e. The van der Waals surface area contributed by atoms with Crippen LogP contribution in [0.15, 0.2) is 18.2 Å². The molecule has 2 rings (SSSR count).